The van der Waals surface area contributed by atoms with Crippen LogP contribution in [0.1, 0.15) is 17.5 Å². The van der Waals surface area contributed by atoms with E-state index in [2.05, 4.69) is 5.32 Å². The third-order valence-electron chi connectivity index (χ3n) is 4.56. The van der Waals surface area contributed by atoms with Gasteiger partial charge in [-0.15, -0.1) is 0 Å². The maximum absolute atomic E-state index is 6.06. The minimum Gasteiger partial charge on any atom is -0.497 e. The molecule has 140 valence electrons. The van der Waals surface area contributed by atoms with E-state index in [1.165, 1.54) is 0 Å². The molecule has 2 atom stereocenters. The number of hydrogen-bond donors (Lipinski definition) is 1. The lowest BCUT2D eigenvalue weighted by Gasteiger charge is -2.30. The molecule has 0 aliphatic carbocycles. The second-order valence-corrected chi connectivity index (χ2v) is 6.46. The molecule has 1 aliphatic heterocycles. The molecule has 3 rings (SSSR count). The van der Waals surface area contributed by atoms with Crippen LogP contribution in [0.25, 0.3) is 0 Å². The minimum atomic E-state index is 0.159. The van der Waals surface area contributed by atoms with Gasteiger partial charge in [-0.2, -0.15) is 0 Å². The van der Waals surface area contributed by atoms with Crippen LogP contribution < -0.4 is 14.8 Å². The topological polar surface area (TPSA) is 49.0 Å². The van der Waals surface area contributed by atoms with Gasteiger partial charge in [-0.1, -0.05) is 24.3 Å². The zero-order valence-electron chi connectivity index (χ0n) is 15.4. The smallest absolute Gasteiger partial charge is 0.118 e. The molecule has 1 fully saturated rings. The van der Waals surface area contributed by atoms with Gasteiger partial charge in [0.25, 0.3) is 0 Å². The molecule has 5 heteroatoms. The number of methoxy groups -OCH3 is 2. The van der Waals surface area contributed by atoms with Crippen molar-refractivity contribution in [3.63, 3.8) is 0 Å². The van der Waals surface area contributed by atoms with E-state index in [0.717, 1.165) is 42.1 Å². The van der Waals surface area contributed by atoms with Crippen LogP contribution in [0.2, 0.25) is 0 Å². The molecule has 5 nitrogen and oxygen atoms in total. The number of nitrogens with one attached hydrogen (secondary N) is 1. The highest BCUT2D eigenvalue weighted by molar-refractivity contribution is 5.27. The highest BCUT2D eigenvalue weighted by atomic mass is 16.5. The lowest BCUT2D eigenvalue weighted by atomic mass is 10.1. The van der Waals surface area contributed by atoms with Crippen LogP contribution in [0.3, 0.4) is 0 Å². The van der Waals surface area contributed by atoms with Crippen molar-refractivity contribution in [2.75, 3.05) is 27.3 Å². The third-order valence-corrected chi connectivity index (χ3v) is 4.56. The van der Waals surface area contributed by atoms with Crippen molar-refractivity contribution in [1.82, 2.24) is 5.32 Å². The summed E-state index contributed by atoms with van der Waals surface area (Å²) >= 11 is 0. The Balaban J connectivity index is 1.42. The van der Waals surface area contributed by atoms with E-state index in [0.29, 0.717) is 13.2 Å². The minimum absolute atomic E-state index is 0.159. The van der Waals surface area contributed by atoms with Gasteiger partial charge in [-0.3, -0.25) is 0 Å². The summed E-state index contributed by atoms with van der Waals surface area (Å²) in [4.78, 5) is 0. The largest absolute Gasteiger partial charge is 0.497 e. The van der Waals surface area contributed by atoms with Gasteiger partial charge in [0.05, 0.1) is 39.6 Å². The van der Waals surface area contributed by atoms with Gasteiger partial charge in [0, 0.05) is 19.5 Å². The molecule has 2 aromatic rings. The Kier molecular flexibility index (Phi) is 6.89. The van der Waals surface area contributed by atoms with Crippen molar-refractivity contribution in [2.24, 2.45) is 0 Å². The van der Waals surface area contributed by atoms with Crippen LogP contribution in [-0.4, -0.2) is 39.5 Å². The van der Waals surface area contributed by atoms with Crippen molar-refractivity contribution in [1.29, 1.82) is 0 Å². The summed E-state index contributed by atoms with van der Waals surface area (Å²) < 4.78 is 22.5. The van der Waals surface area contributed by atoms with E-state index >= 15 is 0 Å². The SMILES string of the molecule is COc1ccc(COC2CNCC(OCc3ccc(OC)cc3)C2)cc1. The monoisotopic (exact) mass is 357 g/mol. The summed E-state index contributed by atoms with van der Waals surface area (Å²) in [7, 11) is 3.34. The Bertz CT molecular complexity index is 599. The first-order chi connectivity index (χ1) is 12.8. The van der Waals surface area contributed by atoms with Gasteiger partial charge in [-0.25, -0.2) is 0 Å². The fourth-order valence-electron chi connectivity index (χ4n) is 2.99. The van der Waals surface area contributed by atoms with Crippen molar-refractivity contribution in [3.8, 4) is 11.5 Å². The standard InChI is InChI=1S/C21H27NO4/c1-23-18-7-3-16(4-8-18)14-25-20-11-21(13-22-12-20)26-15-17-5-9-19(24-2)10-6-17/h3-10,20-22H,11-15H2,1-2H3. The fourth-order valence-corrected chi connectivity index (χ4v) is 2.99. The van der Waals surface area contributed by atoms with E-state index in [9.17, 15) is 0 Å². The van der Waals surface area contributed by atoms with E-state index in [1.807, 2.05) is 48.5 Å². The Morgan fingerprint density at radius 2 is 1.15 bits per heavy atom. The van der Waals surface area contributed by atoms with Crippen LogP contribution in [0.15, 0.2) is 48.5 Å². The third kappa shape index (κ3) is 5.46. The van der Waals surface area contributed by atoms with Crippen LogP contribution in [0, 0.1) is 0 Å². The van der Waals surface area contributed by atoms with Crippen molar-refractivity contribution in [3.05, 3.63) is 59.7 Å². The lowest BCUT2D eigenvalue weighted by molar-refractivity contribution is -0.0463. The fraction of sp³-hybridized carbons (Fsp3) is 0.429. The van der Waals surface area contributed by atoms with Crippen molar-refractivity contribution < 1.29 is 18.9 Å². The molecular formula is C21H27NO4. The number of piperidine rings is 1. The van der Waals surface area contributed by atoms with E-state index in [1.54, 1.807) is 14.2 Å². The maximum Gasteiger partial charge on any atom is 0.118 e. The summed E-state index contributed by atoms with van der Waals surface area (Å²) in [5.74, 6) is 1.72. The molecule has 0 spiro atoms. The summed E-state index contributed by atoms with van der Waals surface area (Å²) in [6, 6.07) is 16.0. The summed E-state index contributed by atoms with van der Waals surface area (Å²) in [5, 5.41) is 3.40. The number of ether oxygens (including phenoxy) is 4. The van der Waals surface area contributed by atoms with Gasteiger partial charge < -0.3 is 24.3 Å². The molecule has 1 heterocycles. The van der Waals surface area contributed by atoms with Crippen LogP contribution in [-0.2, 0) is 22.7 Å². The molecule has 0 saturated carbocycles. The number of benzene rings is 2. The predicted octanol–water partition coefficient (Wildman–Crippen LogP) is 3.17. The zero-order chi connectivity index (χ0) is 18.2. The first-order valence-electron chi connectivity index (χ1n) is 8.96. The Morgan fingerprint density at radius 3 is 1.54 bits per heavy atom. The molecule has 26 heavy (non-hydrogen) atoms. The Labute approximate surface area is 155 Å². The van der Waals surface area contributed by atoms with Crippen LogP contribution >= 0.6 is 0 Å². The second kappa shape index (κ2) is 9.57. The van der Waals surface area contributed by atoms with Gasteiger partial charge >= 0.3 is 0 Å². The van der Waals surface area contributed by atoms with Gasteiger partial charge in [0.15, 0.2) is 0 Å². The first kappa shape index (κ1) is 18.7. The molecule has 0 radical (unpaired) electrons. The molecule has 0 bridgehead atoms. The Morgan fingerprint density at radius 1 is 0.731 bits per heavy atom. The second-order valence-electron chi connectivity index (χ2n) is 6.46. The van der Waals surface area contributed by atoms with E-state index in [-0.39, 0.29) is 12.2 Å². The van der Waals surface area contributed by atoms with Crippen LogP contribution in [0.4, 0.5) is 0 Å². The molecule has 2 unspecified atom stereocenters. The average Bonchev–Trinajstić information content (AvgIpc) is 2.72. The van der Waals surface area contributed by atoms with Crippen LogP contribution in [0.5, 0.6) is 11.5 Å². The van der Waals surface area contributed by atoms with Crippen molar-refractivity contribution >= 4 is 0 Å². The quantitative estimate of drug-likeness (QED) is 0.786. The molecule has 1 aliphatic rings. The number of hydrogen-bond acceptors (Lipinski definition) is 5. The van der Waals surface area contributed by atoms with Gasteiger partial charge in [-0.05, 0) is 35.4 Å². The molecule has 0 aromatic heterocycles. The highest BCUT2D eigenvalue weighted by Gasteiger charge is 2.22. The van der Waals surface area contributed by atoms with E-state index < -0.39 is 0 Å². The maximum atomic E-state index is 6.06. The predicted molar refractivity (Wildman–Crippen MR) is 101 cm³/mol. The molecule has 1 N–H and O–H groups in total. The van der Waals surface area contributed by atoms with Gasteiger partial charge in [0.1, 0.15) is 11.5 Å². The first-order valence-corrected chi connectivity index (χ1v) is 8.96. The summed E-state index contributed by atoms with van der Waals surface area (Å²) in [5.41, 5.74) is 2.29. The van der Waals surface area contributed by atoms with Crippen molar-refractivity contribution in [2.45, 2.75) is 31.8 Å². The molecule has 0 amide bonds. The highest BCUT2D eigenvalue weighted by Crippen LogP contribution is 2.17. The normalized spacial score (nSPS) is 19.9. The average molecular weight is 357 g/mol. The zero-order valence-corrected chi connectivity index (χ0v) is 15.4. The molecule has 1 saturated heterocycles. The summed E-state index contributed by atoms with van der Waals surface area (Å²) in [6.07, 6.45) is 1.22. The lowest BCUT2D eigenvalue weighted by Crippen LogP contribution is -2.44. The molecule has 2 aromatic carbocycles. The molecular weight excluding hydrogens is 330 g/mol. The number of rotatable bonds is 8. The van der Waals surface area contributed by atoms with E-state index in [4.69, 9.17) is 18.9 Å². The summed E-state index contributed by atoms with van der Waals surface area (Å²) in [6.45, 7) is 2.92. The Hall–Kier alpha value is -2.08. The van der Waals surface area contributed by atoms with Gasteiger partial charge in [0.2, 0.25) is 0 Å².